The monoisotopic (exact) mass is 404 g/mol. The summed E-state index contributed by atoms with van der Waals surface area (Å²) in [7, 11) is 0. The molecule has 0 radical (unpaired) electrons. The first-order valence-electron chi connectivity index (χ1n) is 9.54. The number of hydrogen-bond donors (Lipinski definition) is 1. The Bertz CT molecular complexity index is 844. The maximum Gasteiger partial charge on any atom is 0.261 e. The van der Waals surface area contributed by atoms with Crippen LogP contribution in [0.2, 0.25) is 0 Å². The highest BCUT2D eigenvalue weighted by Gasteiger charge is 2.28. The molecule has 2 aromatic carbocycles. The number of amides is 2. The molecule has 2 rings (SSSR count). The van der Waals surface area contributed by atoms with Crippen molar-refractivity contribution in [3.8, 4) is 5.75 Å². The third-order valence-corrected chi connectivity index (χ3v) is 4.65. The smallest absolute Gasteiger partial charge is 0.261 e. The van der Waals surface area contributed by atoms with Crippen molar-refractivity contribution in [1.82, 2.24) is 10.2 Å². The van der Waals surface area contributed by atoms with E-state index in [1.54, 1.807) is 31.2 Å². The lowest BCUT2D eigenvalue weighted by molar-refractivity contribution is -0.142. The van der Waals surface area contributed by atoms with E-state index in [1.807, 2.05) is 13.8 Å². The Morgan fingerprint density at radius 2 is 1.66 bits per heavy atom. The van der Waals surface area contributed by atoms with Crippen molar-refractivity contribution in [1.29, 1.82) is 0 Å². The van der Waals surface area contributed by atoms with Gasteiger partial charge in [0.1, 0.15) is 11.9 Å². The van der Waals surface area contributed by atoms with Gasteiger partial charge in [-0.2, -0.15) is 0 Å². The van der Waals surface area contributed by atoms with Crippen LogP contribution < -0.4 is 10.1 Å². The third-order valence-electron chi connectivity index (χ3n) is 4.65. The van der Waals surface area contributed by atoms with E-state index in [2.05, 4.69) is 5.32 Å². The molecule has 156 valence electrons. The second-order valence-corrected chi connectivity index (χ2v) is 6.83. The van der Waals surface area contributed by atoms with Crippen molar-refractivity contribution in [2.45, 2.75) is 45.8 Å². The van der Waals surface area contributed by atoms with E-state index >= 15 is 0 Å². The van der Waals surface area contributed by atoms with Crippen molar-refractivity contribution < 1.29 is 23.1 Å². The van der Waals surface area contributed by atoms with Crippen LogP contribution in [0.25, 0.3) is 0 Å². The average molecular weight is 404 g/mol. The number of benzene rings is 2. The Kier molecular flexibility index (Phi) is 8.12. The fourth-order valence-corrected chi connectivity index (χ4v) is 2.64. The molecule has 0 fully saturated rings. The number of halogens is 2. The molecule has 2 aromatic rings. The van der Waals surface area contributed by atoms with Gasteiger partial charge in [0, 0.05) is 18.2 Å². The molecule has 0 saturated heterocycles. The van der Waals surface area contributed by atoms with Crippen molar-refractivity contribution in [3.63, 3.8) is 0 Å². The topological polar surface area (TPSA) is 58.6 Å². The van der Waals surface area contributed by atoms with Crippen LogP contribution in [-0.2, 0) is 16.1 Å². The molecule has 5 nitrogen and oxygen atoms in total. The molecule has 0 aromatic heterocycles. The van der Waals surface area contributed by atoms with Crippen LogP contribution in [0.1, 0.15) is 32.8 Å². The van der Waals surface area contributed by atoms with Gasteiger partial charge in [-0.15, -0.1) is 0 Å². The molecule has 0 heterocycles. The summed E-state index contributed by atoms with van der Waals surface area (Å²) in [6.45, 7) is 4.77. The van der Waals surface area contributed by atoms with Gasteiger partial charge in [0.15, 0.2) is 18.2 Å². The molecule has 7 heteroatoms. The molecule has 2 atom stereocenters. The van der Waals surface area contributed by atoms with Crippen LogP contribution in [-0.4, -0.2) is 35.4 Å². The van der Waals surface area contributed by atoms with Gasteiger partial charge in [-0.25, -0.2) is 8.78 Å². The second-order valence-electron chi connectivity index (χ2n) is 6.83. The highest BCUT2D eigenvalue weighted by molar-refractivity contribution is 5.88. The van der Waals surface area contributed by atoms with Crippen LogP contribution in [0.3, 0.4) is 0 Å². The summed E-state index contributed by atoms with van der Waals surface area (Å²) in [4.78, 5) is 26.6. The van der Waals surface area contributed by atoms with Gasteiger partial charge in [0.05, 0.1) is 0 Å². The summed E-state index contributed by atoms with van der Waals surface area (Å²) in [5, 5.41) is 2.82. The fraction of sp³-hybridized carbons (Fsp3) is 0.364. The number of carbonyl (C=O) groups excluding carboxylic acids is 2. The van der Waals surface area contributed by atoms with E-state index in [4.69, 9.17) is 4.74 Å². The van der Waals surface area contributed by atoms with E-state index < -0.39 is 30.2 Å². The second kappa shape index (κ2) is 10.5. The van der Waals surface area contributed by atoms with E-state index in [0.717, 1.165) is 6.42 Å². The number of ether oxygens (including phenoxy) is 1. The summed E-state index contributed by atoms with van der Waals surface area (Å²) < 4.78 is 33.2. The van der Waals surface area contributed by atoms with Gasteiger partial charge >= 0.3 is 0 Å². The first-order valence-corrected chi connectivity index (χ1v) is 9.54. The first-order chi connectivity index (χ1) is 13.8. The minimum absolute atomic E-state index is 0.0648. The normalized spacial score (nSPS) is 12.7. The molecule has 0 unspecified atom stereocenters. The third kappa shape index (κ3) is 6.27. The van der Waals surface area contributed by atoms with Crippen LogP contribution in [0.15, 0.2) is 48.5 Å². The van der Waals surface area contributed by atoms with Gasteiger partial charge in [0.2, 0.25) is 5.91 Å². The largest absolute Gasteiger partial charge is 0.481 e. The van der Waals surface area contributed by atoms with Crippen molar-refractivity contribution in [2.75, 3.05) is 6.61 Å². The SMILES string of the molecule is CC[C@@H](C)NC(=O)[C@@H](C)N(Cc1ccccc1F)C(=O)COc1ccccc1F. The minimum atomic E-state index is -0.861. The highest BCUT2D eigenvalue weighted by atomic mass is 19.1. The first kappa shape index (κ1) is 22.3. The lowest BCUT2D eigenvalue weighted by Gasteiger charge is -2.29. The molecule has 0 saturated carbocycles. The van der Waals surface area contributed by atoms with Crippen LogP contribution in [0, 0.1) is 11.6 Å². The molecule has 0 bridgehead atoms. The van der Waals surface area contributed by atoms with Crippen LogP contribution >= 0.6 is 0 Å². The molecule has 0 aliphatic rings. The van der Waals surface area contributed by atoms with Crippen molar-refractivity contribution >= 4 is 11.8 Å². The summed E-state index contributed by atoms with van der Waals surface area (Å²) in [5.41, 5.74) is 0.273. The Morgan fingerprint density at radius 3 is 2.28 bits per heavy atom. The van der Waals surface area contributed by atoms with Gasteiger partial charge in [-0.1, -0.05) is 37.3 Å². The van der Waals surface area contributed by atoms with Crippen molar-refractivity contribution in [3.05, 3.63) is 65.7 Å². The Balaban J connectivity index is 2.18. The summed E-state index contributed by atoms with van der Waals surface area (Å²) in [5.74, 6) is -2.04. The molecule has 29 heavy (non-hydrogen) atoms. The highest BCUT2D eigenvalue weighted by Crippen LogP contribution is 2.17. The van der Waals surface area contributed by atoms with E-state index in [9.17, 15) is 18.4 Å². The molecular formula is C22H26F2N2O3. The Morgan fingerprint density at radius 1 is 1.03 bits per heavy atom. The number of para-hydroxylation sites is 1. The summed E-state index contributed by atoms with van der Waals surface area (Å²) in [6.07, 6.45) is 0.732. The minimum Gasteiger partial charge on any atom is -0.481 e. The van der Waals surface area contributed by atoms with E-state index in [0.29, 0.717) is 0 Å². The van der Waals surface area contributed by atoms with Gasteiger partial charge in [0.25, 0.3) is 5.91 Å². The molecule has 0 aliphatic carbocycles. The molecule has 2 amide bonds. The van der Waals surface area contributed by atoms with Crippen LogP contribution in [0.4, 0.5) is 8.78 Å². The maximum absolute atomic E-state index is 14.1. The van der Waals surface area contributed by atoms with Crippen LogP contribution in [0.5, 0.6) is 5.75 Å². The lowest BCUT2D eigenvalue weighted by Crippen LogP contribution is -2.50. The zero-order chi connectivity index (χ0) is 21.4. The lowest BCUT2D eigenvalue weighted by atomic mass is 10.1. The number of nitrogens with zero attached hydrogens (tertiary/aromatic N) is 1. The zero-order valence-electron chi connectivity index (χ0n) is 16.8. The van der Waals surface area contributed by atoms with Gasteiger partial charge < -0.3 is 15.0 Å². The molecule has 0 spiro atoms. The molecular weight excluding hydrogens is 378 g/mol. The predicted octanol–water partition coefficient (Wildman–Crippen LogP) is 3.68. The quantitative estimate of drug-likeness (QED) is 0.694. The Hall–Kier alpha value is -2.96. The maximum atomic E-state index is 14.1. The van der Waals surface area contributed by atoms with E-state index in [-0.39, 0.29) is 29.8 Å². The Labute approximate surface area is 169 Å². The van der Waals surface area contributed by atoms with Gasteiger partial charge in [-0.05, 0) is 38.5 Å². The van der Waals surface area contributed by atoms with Crippen molar-refractivity contribution in [2.24, 2.45) is 0 Å². The standard InChI is InChI=1S/C22H26F2N2O3/c1-4-15(2)25-22(28)16(3)26(13-17-9-5-6-10-18(17)23)21(27)14-29-20-12-8-7-11-19(20)24/h5-12,15-16H,4,13-14H2,1-3H3,(H,25,28)/t15-,16-/m1/s1. The average Bonchev–Trinajstić information content (AvgIpc) is 2.71. The molecule has 1 N–H and O–H groups in total. The number of rotatable bonds is 9. The summed E-state index contributed by atoms with van der Waals surface area (Å²) >= 11 is 0. The zero-order valence-corrected chi connectivity index (χ0v) is 16.8. The predicted molar refractivity (Wildman–Crippen MR) is 106 cm³/mol. The number of hydrogen-bond acceptors (Lipinski definition) is 3. The molecule has 0 aliphatic heterocycles. The summed E-state index contributed by atoms with van der Waals surface area (Å²) in [6, 6.07) is 10.8. The van der Waals surface area contributed by atoms with Gasteiger partial charge in [-0.3, -0.25) is 9.59 Å². The van der Waals surface area contributed by atoms with E-state index in [1.165, 1.54) is 29.2 Å². The number of nitrogens with one attached hydrogen (secondary N) is 1. The fourth-order valence-electron chi connectivity index (χ4n) is 2.64. The number of carbonyl (C=O) groups is 2.